The van der Waals surface area contributed by atoms with E-state index in [2.05, 4.69) is 20.3 Å². The van der Waals surface area contributed by atoms with E-state index >= 15 is 0 Å². The number of carbonyl (C=O) groups is 1. The molecule has 0 aliphatic heterocycles. The largest absolute Gasteiger partial charge is 0.387 e. The lowest BCUT2D eigenvalue weighted by atomic mass is 10.0. The Balaban J connectivity index is 1.62. The van der Waals surface area contributed by atoms with Gasteiger partial charge in [0.25, 0.3) is 0 Å². The first-order valence-corrected chi connectivity index (χ1v) is 9.27. The Morgan fingerprint density at radius 3 is 2.59 bits per heavy atom. The van der Waals surface area contributed by atoms with Crippen LogP contribution in [0.1, 0.15) is 43.5 Å². The summed E-state index contributed by atoms with van der Waals surface area (Å²) in [7, 11) is 0. The summed E-state index contributed by atoms with van der Waals surface area (Å²) in [6.07, 6.45) is 7.31. The highest BCUT2D eigenvalue weighted by Gasteiger charge is 2.29. The number of pyridine rings is 3. The molecular weight excluding hydrogens is 340 g/mol. The molecule has 2 N–H and O–H groups in total. The summed E-state index contributed by atoms with van der Waals surface area (Å²) in [5, 5.41) is 14.7. The van der Waals surface area contributed by atoms with Crippen molar-refractivity contribution in [3.05, 3.63) is 48.0 Å². The van der Waals surface area contributed by atoms with Gasteiger partial charge in [0.15, 0.2) is 0 Å². The number of nitrogens with one attached hydrogen (secondary N) is 1. The molecule has 1 fully saturated rings. The summed E-state index contributed by atoms with van der Waals surface area (Å²) in [5.41, 5.74) is 3.43. The molecule has 1 aliphatic carbocycles. The first kappa shape index (κ1) is 17.5. The van der Waals surface area contributed by atoms with Gasteiger partial charge in [0.1, 0.15) is 5.82 Å². The fraction of sp³-hybridized carbons (Fsp3) is 0.333. The molecule has 1 atom stereocenters. The van der Waals surface area contributed by atoms with E-state index in [0.717, 1.165) is 40.4 Å². The lowest BCUT2D eigenvalue weighted by molar-refractivity contribution is -0.117. The number of aliphatic hydroxyl groups is 1. The van der Waals surface area contributed by atoms with Gasteiger partial charge in [0.2, 0.25) is 5.91 Å². The van der Waals surface area contributed by atoms with Gasteiger partial charge in [0, 0.05) is 40.8 Å². The number of anilines is 1. The highest BCUT2D eigenvalue weighted by molar-refractivity contribution is 5.95. The maximum absolute atomic E-state index is 11.9. The fourth-order valence-electron chi connectivity index (χ4n) is 3.06. The maximum Gasteiger partial charge on any atom is 0.228 e. The lowest BCUT2D eigenvalue weighted by Crippen LogP contribution is -2.14. The predicted octanol–water partition coefficient (Wildman–Crippen LogP) is 3.79. The average molecular weight is 362 g/mol. The Bertz CT molecular complexity index is 1010. The van der Waals surface area contributed by atoms with E-state index in [1.54, 1.807) is 18.6 Å². The molecule has 0 spiro atoms. The third-order valence-electron chi connectivity index (χ3n) is 4.94. The van der Waals surface area contributed by atoms with Crippen molar-refractivity contribution in [3.8, 4) is 11.3 Å². The number of rotatable bonds is 5. The summed E-state index contributed by atoms with van der Waals surface area (Å²) >= 11 is 0. The van der Waals surface area contributed by atoms with Crippen molar-refractivity contribution in [1.29, 1.82) is 0 Å². The van der Waals surface area contributed by atoms with Crippen molar-refractivity contribution in [1.82, 2.24) is 15.0 Å². The number of aryl methyl sites for hydroxylation is 1. The van der Waals surface area contributed by atoms with Crippen molar-refractivity contribution >= 4 is 22.5 Å². The van der Waals surface area contributed by atoms with Crippen LogP contribution in [0.4, 0.5) is 5.82 Å². The van der Waals surface area contributed by atoms with Crippen LogP contribution in [-0.2, 0) is 4.79 Å². The molecule has 1 amide bonds. The van der Waals surface area contributed by atoms with Gasteiger partial charge in [-0.25, -0.2) is 4.98 Å². The van der Waals surface area contributed by atoms with Crippen LogP contribution < -0.4 is 5.32 Å². The van der Waals surface area contributed by atoms with E-state index < -0.39 is 6.10 Å². The second-order valence-corrected chi connectivity index (χ2v) is 7.10. The molecular formula is C21H22N4O2. The van der Waals surface area contributed by atoms with Gasteiger partial charge in [-0.05, 0) is 49.9 Å². The van der Waals surface area contributed by atoms with Gasteiger partial charge in [0.05, 0.1) is 17.5 Å². The minimum atomic E-state index is -0.546. The summed E-state index contributed by atoms with van der Waals surface area (Å²) in [6, 6.07) is 5.72. The van der Waals surface area contributed by atoms with Gasteiger partial charge in [-0.1, -0.05) is 6.92 Å². The SMILES string of the molecule is CC[C@@H](O)c1cc(C)c(-c2cc3cnc(NC(=O)C4CC4)cc3cn2)cn1. The molecule has 4 rings (SSSR count). The summed E-state index contributed by atoms with van der Waals surface area (Å²) in [4.78, 5) is 25.2. The molecule has 27 heavy (non-hydrogen) atoms. The topological polar surface area (TPSA) is 88.0 Å². The zero-order valence-electron chi connectivity index (χ0n) is 15.4. The average Bonchev–Trinajstić information content (AvgIpc) is 3.52. The van der Waals surface area contributed by atoms with Gasteiger partial charge in [-0.2, -0.15) is 0 Å². The fourth-order valence-corrected chi connectivity index (χ4v) is 3.06. The zero-order valence-corrected chi connectivity index (χ0v) is 15.4. The third kappa shape index (κ3) is 3.66. The van der Waals surface area contributed by atoms with E-state index in [1.807, 2.05) is 32.0 Å². The maximum atomic E-state index is 11.9. The van der Waals surface area contributed by atoms with E-state index in [-0.39, 0.29) is 11.8 Å². The van der Waals surface area contributed by atoms with Crippen LogP contribution in [0.2, 0.25) is 0 Å². The smallest absolute Gasteiger partial charge is 0.228 e. The summed E-state index contributed by atoms with van der Waals surface area (Å²) in [6.45, 7) is 3.92. The van der Waals surface area contributed by atoms with Crippen molar-refractivity contribution in [2.75, 3.05) is 5.32 Å². The van der Waals surface area contributed by atoms with Gasteiger partial charge < -0.3 is 10.4 Å². The van der Waals surface area contributed by atoms with Crippen molar-refractivity contribution in [2.24, 2.45) is 5.92 Å². The van der Waals surface area contributed by atoms with Crippen LogP contribution in [0.15, 0.2) is 36.8 Å². The third-order valence-corrected chi connectivity index (χ3v) is 4.94. The molecule has 0 aromatic carbocycles. The van der Waals surface area contributed by atoms with Crippen LogP contribution in [0.5, 0.6) is 0 Å². The molecule has 3 aromatic rings. The Morgan fingerprint density at radius 1 is 1.15 bits per heavy atom. The first-order valence-electron chi connectivity index (χ1n) is 9.27. The summed E-state index contributed by atoms with van der Waals surface area (Å²) in [5.74, 6) is 0.750. The molecule has 0 saturated heterocycles. The highest BCUT2D eigenvalue weighted by atomic mass is 16.3. The zero-order chi connectivity index (χ0) is 19.0. The summed E-state index contributed by atoms with van der Waals surface area (Å²) < 4.78 is 0. The normalized spacial score (nSPS) is 14.9. The number of fused-ring (bicyclic) bond motifs is 1. The molecule has 138 valence electrons. The standard InChI is InChI=1S/C21H22N4O2/c1-3-19(26)18-6-12(2)16(11-23-18)17-7-14-10-24-20(8-15(14)9-22-17)25-21(27)13-4-5-13/h6-11,13,19,26H,3-5H2,1-2H3,(H,24,25,27)/t19-/m1/s1. The molecule has 6 nitrogen and oxygen atoms in total. The molecule has 3 heterocycles. The number of hydrogen-bond acceptors (Lipinski definition) is 5. The molecule has 0 radical (unpaired) electrons. The van der Waals surface area contributed by atoms with Crippen LogP contribution in [0, 0.1) is 12.8 Å². The Morgan fingerprint density at radius 2 is 1.89 bits per heavy atom. The quantitative estimate of drug-likeness (QED) is 0.721. The molecule has 0 bridgehead atoms. The van der Waals surface area contributed by atoms with Crippen molar-refractivity contribution in [3.63, 3.8) is 0 Å². The number of amides is 1. The Hall–Kier alpha value is -2.86. The highest BCUT2D eigenvalue weighted by Crippen LogP contribution is 2.31. The minimum absolute atomic E-state index is 0.0440. The monoisotopic (exact) mass is 362 g/mol. The van der Waals surface area contributed by atoms with Crippen LogP contribution >= 0.6 is 0 Å². The second kappa shape index (κ2) is 7.04. The van der Waals surface area contributed by atoms with Crippen molar-refractivity contribution < 1.29 is 9.90 Å². The van der Waals surface area contributed by atoms with Crippen LogP contribution in [-0.4, -0.2) is 26.0 Å². The van der Waals surface area contributed by atoms with E-state index in [9.17, 15) is 9.90 Å². The number of nitrogens with zero attached hydrogens (tertiary/aromatic N) is 3. The number of carbonyl (C=O) groups excluding carboxylic acids is 1. The molecule has 1 saturated carbocycles. The Kier molecular flexibility index (Phi) is 4.58. The number of hydrogen-bond donors (Lipinski definition) is 2. The molecule has 3 aromatic heterocycles. The second-order valence-electron chi connectivity index (χ2n) is 7.10. The van der Waals surface area contributed by atoms with Gasteiger partial charge in [-0.3, -0.25) is 14.8 Å². The van der Waals surface area contributed by atoms with Crippen LogP contribution in [0.25, 0.3) is 22.0 Å². The van der Waals surface area contributed by atoms with Crippen LogP contribution in [0.3, 0.4) is 0 Å². The van der Waals surface area contributed by atoms with E-state index in [0.29, 0.717) is 17.9 Å². The van der Waals surface area contributed by atoms with Gasteiger partial charge >= 0.3 is 0 Å². The number of aromatic nitrogens is 3. The van der Waals surface area contributed by atoms with Gasteiger partial charge in [-0.15, -0.1) is 0 Å². The number of aliphatic hydroxyl groups excluding tert-OH is 1. The molecule has 1 aliphatic rings. The van der Waals surface area contributed by atoms with E-state index in [4.69, 9.17) is 0 Å². The Labute approximate surface area is 157 Å². The minimum Gasteiger partial charge on any atom is -0.387 e. The predicted molar refractivity (Wildman–Crippen MR) is 104 cm³/mol. The molecule has 6 heteroatoms. The van der Waals surface area contributed by atoms with Crippen molar-refractivity contribution in [2.45, 2.75) is 39.2 Å². The first-order chi connectivity index (χ1) is 13.0. The van der Waals surface area contributed by atoms with E-state index in [1.165, 1.54) is 0 Å². The molecule has 0 unspecified atom stereocenters. The lowest BCUT2D eigenvalue weighted by Gasteiger charge is -2.11.